The van der Waals surface area contributed by atoms with E-state index < -0.39 is 0 Å². The van der Waals surface area contributed by atoms with Crippen LogP contribution in [0.25, 0.3) is 0 Å². The monoisotopic (exact) mass is 399 g/mol. The van der Waals surface area contributed by atoms with Gasteiger partial charge in [0.15, 0.2) is 4.77 Å². The Morgan fingerprint density at radius 3 is 2.44 bits per heavy atom. The second-order valence-corrected chi connectivity index (χ2v) is 8.23. The SMILES string of the molecule is Cn1c(Cc2ccccc2)nn(CN2CCN(Cc3ccsc3)CC2)c1=S. The zero-order valence-corrected chi connectivity index (χ0v) is 17.3. The molecule has 0 aliphatic carbocycles. The minimum absolute atomic E-state index is 0.772. The molecule has 4 rings (SSSR count). The maximum atomic E-state index is 5.63. The van der Waals surface area contributed by atoms with Crippen molar-refractivity contribution in [1.29, 1.82) is 0 Å². The maximum Gasteiger partial charge on any atom is 0.198 e. The van der Waals surface area contributed by atoms with Gasteiger partial charge < -0.3 is 4.57 Å². The number of benzene rings is 1. The normalized spacial score (nSPS) is 16.0. The van der Waals surface area contributed by atoms with Crippen LogP contribution in [0.2, 0.25) is 0 Å². The summed E-state index contributed by atoms with van der Waals surface area (Å²) >= 11 is 7.40. The number of thiophene rings is 1. The van der Waals surface area contributed by atoms with Crippen LogP contribution in [-0.4, -0.2) is 50.3 Å². The van der Waals surface area contributed by atoms with E-state index in [2.05, 4.69) is 50.9 Å². The number of nitrogens with zero attached hydrogens (tertiary/aromatic N) is 5. The highest BCUT2D eigenvalue weighted by Gasteiger charge is 2.18. The Hall–Kier alpha value is -1.80. The zero-order valence-electron chi connectivity index (χ0n) is 15.6. The average molecular weight is 400 g/mol. The van der Waals surface area contributed by atoms with Crippen molar-refractivity contribution in [2.45, 2.75) is 19.6 Å². The predicted octanol–water partition coefficient (Wildman–Crippen LogP) is 3.38. The van der Waals surface area contributed by atoms with Crippen LogP contribution in [0.4, 0.5) is 0 Å². The third-order valence-electron chi connectivity index (χ3n) is 5.12. The van der Waals surface area contributed by atoms with Gasteiger partial charge in [0.2, 0.25) is 0 Å². The van der Waals surface area contributed by atoms with Crippen molar-refractivity contribution < 1.29 is 0 Å². The van der Waals surface area contributed by atoms with Gasteiger partial charge in [0.05, 0.1) is 6.67 Å². The van der Waals surface area contributed by atoms with Gasteiger partial charge in [-0.25, -0.2) is 4.68 Å². The first-order chi connectivity index (χ1) is 13.2. The molecule has 0 bridgehead atoms. The minimum Gasteiger partial charge on any atom is -0.307 e. The first-order valence-corrected chi connectivity index (χ1v) is 10.7. The van der Waals surface area contributed by atoms with Crippen LogP contribution in [0.15, 0.2) is 47.2 Å². The molecule has 0 atom stereocenters. The number of aromatic nitrogens is 3. The van der Waals surface area contributed by atoms with Gasteiger partial charge >= 0.3 is 0 Å². The summed E-state index contributed by atoms with van der Waals surface area (Å²) < 4.78 is 4.80. The molecule has 142 valence electrons. The number of hydrogen-bond donors (Lipinski definition) is 0. The van der Waals surface area contributed by atoms with E-state index in [0.29, 0.717) is 0 Å². The van der Waals surface area contributed by atoms with E-state index in [1.54, 1.807) is 11.3 Å². The summed E-state index contributed by atoms with van der Waals surface area (Å²) in [5.74, 6) is 1.02. The smallest absolute Gasteiger partial charge is 0.198 e. The predicted molar refractivity (Wildman–Crippen MR) is 112 cm³/mol. The Morgan fingerprint density at radius 2 is 1.74 bits per heavy atom. The van der Waals surface area contributed by atoms with E-state index in [-0.39, 0.29) is 0 Å². The third-order valence-corrected chi connectivity index (χ3v) is 6.34. The van der Waals surface area contributed by atoms with Crippen molar-refractivity contribution in [2.24, 2.45) is 7.05 Å². The lowest BCUT2D eigenvalue weighted by molar-refractivity contribution is 0.0980. The molecule has 1 fully saturated rings. The molecule has 0 unspecified atom stereocenters. The Balaban J connectivity index is 1.36. The standard InChI is InChI=1S/C20H25N5S2/c1-22-19(13-17-5-3-2-4-6-17)21-25(20(22)26)16-24-10-8-23(9-11-24)14-18-7-12-27-15-18/h2-7,12,15H,8-11,13-14,16H2,1H3. The van der Waals surface area contributed by atoms with Crippen LogP contribution in [0.1, 0.15) is 17.0 Å². The Labute approximate surface area is 169 Å². The quantitative estimate of drug-likeness (QED) is 0.594. The fraction of sp³-hybridized carbons (Fsp3) is 0.400. The zero-order chi connectivity index (χ0) is 18.6. The van der Waals surface area contributed by atoms with Crippen molar-refractivity contribution in [1.82, 2.24) is 24.1 Å². The van der Waals surface area contributed by atoms with Crippen LogP contribution in [-0.2, 0) is 26.7 Å². The van der Waals surface area contributed by atoms with Crippen LogP contribution >= 0.6 is 23.6 Å². The summed E-state index contributed by atoms with van der Waals surface area (Å²) in [5.41, 5.74) is 2.68. The molecule has 0 spiro atoms. The molecule has 1 saturated heterocycles. The van der Waals surface area contributed by atoms with Crippen LogP contribution < -0.4 is 0 Å². The van der Waals surface area contributed by atoms with Gasteiger partial charge in [0, 0.05) is 46.2 Å². The highest BCUT2D eigenvalue weighted by molar-refractivity contribution is 7.71. The summed E-state index contributed by atoms with van der Waals surface area (Å²) in [4.78, 5) is 4.97. The summed E-state index contributed by atoms with van der Waals surface area (Å²) in [5, 5.41) is 9.20. The van der Waals surface area contributed by atoms with E-state index in [0.717, 1.165) is 56.4 Å². The highest BCUT2D eigenvalue weighted by atomic mass is 32.1. The third kappa shape index (κ3) is 4.55. The van der Waals surface area contributed by atoms with E-state index in [1.807, 2.05) is 22.4 Å². The van der Waals surface area contributed by atoms with Crippen molar-refractivity contribution >= 4 is 23.6 Å². The van der Waals surface area contributed by atoms with Gasteiger partial charge in [-0.05, 0) is 40.2 Å². The van der Waals surface area contributed by atoms with E-state index in [4.69, 9.17) is 17.3 Å². The maximum absolute atomic E-state index is 5.63. The number of piperazine rings is 1. The lowest BCUT2D eigenvalue weighted by Gasteiger charge is -2.34. The molecule has 0 radical (unpaired) electrons. The van der Waals surface area contributed by atoms with Crippen LogP contribution in [0.5, 0.6) is 0 Å². The molecule has 27 heavy (non-hydrogen) atoms. The molecule has 1 aliphatic rings. The van der Waals surface area contributed by atoms with Gasteiger partial charge in [-0.2, -0.15) is 16.4 Å². The van der Waals surface area contributed by atoms with Crippen LogP contribution in [0.3, 0.4) is 0 Å². The van der Waals surface area contributed by atoms with Gasteiger partial charge in [-0.1, -0.05) is 30.3 Å². The highest BCUT2D eigenvalue weighted by Crippen LogP contribution is 2.13. The first-order valence-electron chi connectivity index (χ1n) is 9.31. The second kappa shape index (κ2) is 8.48. The Kier molecular flexibility index (Phi) is 5.83. The molecule has 0 amide bonds. The Bertz CT molecular complexity index is 906. The summed E-state index contributed by atoms with van der Waals surface area (Å²) in [6, 6.07) is 12.7. The van der Waals surface area contributed by atoms with E-state index in [9.17, 15) is 0 Å². The molecule has 0 saturated carbocycles. The topological polar surface area (TPSA) is 29.2 Å². The second-order valence-electron chi connectivity index (χ2n) is 7.09. The molecule has 2 aromatic heterocycles. The van der Waals surface area contributed by atoms with E-state index in [1.165, 1.54) is 11.1 Å². The molecular formula is C20H25N5S2. The summed E-state index contributed by atoms with van der Waals surface area (Å²) in [6.07, 6.45) is 0.808. The molecule has 1 aromatic carbocycles. The molecule has 3 heterocycles. The van der Waals surface area contributed by atoms with Crippen molar-refractivity contribution in [3.8, 4) is 0 Å². The van der Waals surface area contributed by atoms with Gasteiger partial charge in [0.1, 0.15) is 5.82 Å². The summed E-state index contributed by atoms with van der Waals surface area (Å²) in [6.45, 7) is 6.11. The molecule has 7 heteroatoms. The first kappa shape index (κ1) is 18.6. The fourth-order valence-corrected chi connectivity index (χ4v) is 4.34. The van der Waals surface area contributed by atoms with Crippen LogP contribution in [0, 0.1) is 4.77 Å². The molecule has 3 aromatic rings. The fourth-order valence-electron chi connectivity index (χ4n) is 3.48. The van der Waals surface area contributed by atoms with Gasteiger partial charge in [0.25, 0.3) is 0 Å². The lowest BCUT2D eigenvalue weighted by Crippen LogP contribution is -2.46. The van der Waals surface area contributed by atoms with Crippen molar-refractivity contribution in [3.05, 3.63) is 68.9 Å². The van der Waals surface area contributed by atoms with Crippen molar-refractivity contribution in [3.63, 3.8) is 0 Å². The average Bonchev–Trinajstić information content (AvgIpc) is 3.29. The van der Waals surface area contributed by atoms with Crippen molar-refractivity contribution in [2.75, 3.05) is 26.2 Å². The Morgan fingerprint density at radius 1 is 1.00 bits per heavy atom. The molecule has 1 aliphatic heterocycles. The lowest BCUT2D eigenvalue weighted by atomic mass is 10.1. The van der Waals surface area contributed by atoms with Gasteiger partial charge in [-0.3, -0.25) is 9.80 Å². The minimum atomic E-state index is 0.772. The number of hydrogen-bond acceptors (Lipinski definition) is 5. The van der Waals surface area contributed by atoms with Gasteiger partial charge in [-0.15, -0.1) is 0 Å². The molecular weight excluding hydrogens is 374 g/mol. The molecule has 0 N–H and O–H groups in total. The van der Waals surface area contributed by atoms with E-state index >= 15 is 0 Å². The summed E-state index contributed by atoms with van der Waals surface area (Å²) in [7, 11) is 2.02. The largest absolute Gasteiger partial charge is 0.307 e. The number of rotatable bonds is 6. The molecule has 5 nitrogen and oxygen atoms in total.